The molecule has 1 rings (SSSR count). The molecular formula is C32H56O7. The first kappa shape index (κ1) is 37.0. The van der Waals surface area contributed by atoms with Crippen molar-refractivity contribution in [3.63, 3.8) is 0 Å². The van der Waals surface area contributed by atoms with E-state index in [-0.39, 0.29) is 0 Å². The van der Waals surface area contributed by atoms with Crippen LogP contribution in [0, 0.1) is 0 Å². The van der Waals surface area contributed by atoms with Crippen LogP contribution in [0.2, 0.25) is 0 Å². The zero-order valence-electron chi connectivity index (χ0n) is 25.3. The van der Waals surface area contributed by atoms with Gasteiger partial charge in [0.1, 0.15) is 0 Å². The topological polar surface area (TPSA) is 80.3 Å². The Morgan fingerprint density at radius 2 is 0.846 bits per heavy atom. The summed E-state index contributed by atoms with van der Waals surface area (Å²) in [7, 11) is 0. The molecule has 7 nitrogen and oxygen atoms in total. The van der Waals surface area contributed by atoms with Crippen LogP contribution in [0.15, 0.2) is 24.3 Å². The highest BCUT2D eigenvalue weighted by Crippen LogP contribution is 2.14. The van der Waals surface area contributed by atoms with Gasteiger partial charge in [0.15, 0.2) is 0 Å². The monoisotopic (exact) mass is 552 g/mol. The first-order valence-corrected chi connectivity index (χ1v) is 15.3. The summed E-state index contributed by atoms with van der Waals surface area (Å²) < 4.78 is 26.1. The summed E-state index contributed by atoms with van der Waals surface area (Å²) in [6.07, 6.45) is 13.6. The molecule has 39 heavy (non-hydrogen) atoms. The van der Waals surface area contributed by atoms with Gasteiger partial charge in [0.05, 0.1) is 50.8 Å². The van der Waals surface area contributed by atoms with Gasteiger partial charge in [0, 0.05) is 13.2 Å². The molecule has 0 saturated carbocycles. The molecule has 226 valence electrons. The van der Waals surface area contributed by atoms with Crippen molar-refractivity contribution in [2.75, 3.05) is 52.9 Å². The molecule has 0 aromatic heterocycles. The molecule has 0 aliphatic rings. The van der Waals surface area contributed by atoms with Crippen molar-refractivity contribution < 1.29 is 33.3 Å². The average Bonchev–Trinajstić information content (AvgIpc) is 2.96. The zero-order chi connectivity index (χ0) is 28.8. The van der Waals surface area contributed by atoms with E-state index in [1.165, 1.54) is 51.4 Å². The molecular weight excluding hydrogens is 496 g/mol. The van der Waals surface area contributed by atoms with Crippen LogP contribution in [0.4, 0.5) is 0 Å². The minimum atomic E-state index is -0.444. The maximum absolute atomic E-state index is 12.4. The van der Waals surface area contributed by atoms with Gasteiger partial charge < -0.3 is 23.7 Å². The molecule has 0 N–H and O–H groups in total. The van der Waals surface area contributed by atoms with Gasteiger partial charge in [0.25, 0.3) is 0 Å². The van der Waals surface area contributed by atoms with E-state index in [1.54, 1.807) is 24.3 Å². The SMILES string of the molecule is CCCCCCCCOC(=O)c1ccccc1C(=O)OCCCCCCCC.CCOCCOCCOCC. The predicted molar refractivity (Wildman–Crippen MR) is 158 cm³/mol. The second-order valence-electron chi connectivity index (χ2n) is 9.36. The second kappa shape index (κ2) is 29.0. The average molecular weight is 553 g/mol. The van der Waals surface area contributed by atoms with E-state index in [2.05, 4.69) is 13.8 Å². The van der Waals surface area contributed by atoms with Crippen LogP contribution in [-0.2, 0) is 23.7 Å². The lowest BCUT2D eigenvalue weighted by molar-refractivity contribution is 0.0195. The van der Waals surface area contributed by atoms with Gasteiger partial charge in [-0.3, -0.25) is 0 Å². The van der Waals surface area contributed by atoms with E-state index < -0.39 is 11.9 Å². The number of esters is 2. The van der Waals surface area contributed by atoms with E-state index in [9.17, 15) is 9.59 Å². The largest absolute Gasteiger partial charge is 0.462 e. The number of benzene rings is 1. The Labute approximate surface area is 238 Å². The Morgan fingerprint density at radius 3 is 1.23 bits per heavy atom. The summed E-state index contributed by atoms with van der Waals surface area (Å²) in [5, 5.41) is 0. The predicted octanol–water partition coefficient (Wildman–Crippen LogP) is 7.80. The van der Waals surface area contributed by atoms with Crippen LogP contribution >= 0.6 is 0 Å². The number of hydrogen-bond acceptors (Lipinski definition) is 7. The molecule has 1 aromatic carbocycles. The number of carbonyl (C=O) groups is 2. The highest BCUT2D eigenvalue weighted by atomic mass is 16.5. The highest BCUT2D eigenvalue weighted by Gasteiger charge is 2.18. The first-order valence-electron chi connectivity index (χ1n) is 15.3. The van der Waals surface area contributed by atoms with Crippen molar-refractivity contribution in [3.05, 3.63) is 35.4 Å². The van der Waals surface area contributed by atoms with Gasteiger partial charge in [-0.2, -0.15) is 0 Å². The molecule has 0 atom stereocenters. The summed E-state index contributed by atoms with van der Waals surface area (Å²) in [6.45, 7) is 13.3. The summed E-state index contributed by atoms with van der Waals surface area (Å²) in [5.41, 5.74) is 0.586. The van der Waals surface area contributed by atoms with Gasteiger partial charge in [-0.1, -0.05) is 90.2 Å². The lowest BCUT2D eigenvalue weighted by Crippen LogP contribution is -2.15. The number of unbranched alkanes of at least 4 members (excludes halogenated alkanes) is 10. The third kappa shape index (κ3) is 22.5. The Morgan fingerprint density at radius 1 is 0.487 bits per heavy atom. The fourth-order valence-corrected chi connectivity index (χ4v) is 3.72. The van der Waals surface area contributed by atoms with Crippen LogP contribution in [0.3, 0.4) is 0 Å². The Hall–Kier alpha value is -1.96. The van der Waals surface area contributed by atoms with Gasteiger partial charge >= 0.3 is 11.9 Å². The molecule has 0 aliphatic heterocycles. The molecule has 0 saturated heterocycles. The van der Waals surface area contributed by atoms with Crippen LogP contribution < -0.4 is 0 Å². The third-order valence-corrected chi connectivity index (χ3v) is 5.98. The van der Waals surface area contributed by atoms with Crippen LogP contribution in [0.5, 0.6) is 0 Å². The van der Waals surface area contributed by atoms with Crippen LogP contribution in [-0.4, -0.2) is 64.8 Å². The number of rotatable bonds is 24. The Bertz CT molecular complexity index is 636. The first-order chi connectivity index (χ1) is 19.1. The quantitative estimate of drug-likeness (QED) is 0.0956. The molecule has 0 unspecified atom stereocenters. The Balaban J connectivity index is 0.00000110. The van der Waals surface area contributed by atoms with E-state index in [0.29, 0.717) is 50.8 Å². The van der Waals surface area contributed by atoms with Crippen LogP contribution in [0.25, 0.3) is 0 Å². The molecule has 0 amide bonds. The molecule has 0 radical (unpaired) electrons. The minimum Gasteiger partial charge on any atom is -0.462 e. The smallest absolute Gasteiger partial charge is 0.339 e. The standard InChI is InChI=1S/C24H38O4.C8H18O3/c1-3-5-7-9-11-15-19-27-23(25)21-17-13-14-18-22(21)24(26)28-20-16-12-10-8-6-4-2;1-3-9-5-7-11-8-6-10-4-2/h13-14,17-18H,3-12,15-16,19-20H2,1-2H3;3-8H2,1-2H3. The fourth-order valence-electron chi connectivity index (χ4n) is 3.72. The van der Waals surface area contributed by atoms with Crippen molar-refractivity contribution in [2.45, 2.75) is 105 Å². The van der Waals surface area contributed by atoms with Crippen molar-refractivity contribution in [2.24, 2.45) is 0 Å². The van der Waals surface area contributed by atoms with E-state index in [0.717, 1.165) is 38.9 Å². The van der Waals surface area contributed by atoms with Gasteiger partial charge in [-0.05, 0) is 38.8 Å². The summed E-state index contributed by atoms with van der Waals surface area (Å²) >= 11 is 0. The third-order valence-electron chi connectivity index (χ3n) is 5.98. The normalized spacial score (nSPS) is 10.6. The van der Waals surface area contributed by atoms with E-state index in [1.807, 2.05) is 13.8 Å². The Kier molecular flexibility index (Phi) is 27.6. The van der Waals surface area contributed by atoms with Crippen molar-refractivity contribution in [1.82, 2.24) is 0 Å². The van der Waals surface area contributed by atoms with E-state index >= 15 is 0 Å². The fraction of sp³-hybridized carbons (Fsp3) is 0.750. The summed E-state index contributed by atoms with van der Waals surface area (Å²) in [4.78, 5) is 24.7. The molecule has 0 aliphatic carbocycles. The summed E-state index contributed by atoms with van der Waals surface area (Å²) in [6, 6.07) is 6.74. The molecule has 7 heteroatoms. The number of carbonyl (C=O) groups excluding carboxylic acids is 2. The molecule has 0 bridgehead atoms. The van der Waals surface area contributed by atoms with Gasteiger partial charge in [-0.25, -0.2) is 9.59 Å². The van der Waals surface area contributed by atoms with Crippen molar-refractivity contribution >= 4 is 11.9 Å². The minimum absolute atomic E-state index is 0.293. The zero-order valence-corrected chi connectivity index (χ0v) is 25.3. The molecule has 0 spiro atoms. The number of ether oxygens (including phenoxy) is 5. The second-order valence-corrected chi connectivity index (χ2v) is 9.36. The van der Waals surface area contributed by atoms with E-state index in [4.69, 9.17) is 23.7 Å². The lowest BCUT2D eigenvalue weighted by Gasteiger charge is -2.10. The number of hydrogen-bond donors (Lipinski definition) is 0. The van der Waals surface area contributed by atoms with Gasteiger partial charge in [0.2, 0.25) is 0 Å². The molecule has 0 fully saturated rings. The maximum atomic E-state index is 12.4. The van der Waals surface area contributed by atoms with Crippen molar-refractivity contribution in [3.8, 4) is 0 Å². The highest BCUT2D eigenvalue weighted by molar-refractivity contribution is 6.03. The summed E-state index contributed by atoms with van der Waals surface area (Å²) in [5.74, 6) is -0.888. The van der Waals surface area contributed by atoms with Crippen molar-refractivity contribution in [1.29, 1.82) is 0 Å². The maximum Gasteiger partial charge on any atom is 0.339 e. The van der Waals surface area contributed by atoms with Gasteiger partial charge in [-0.15, -0.1) is 0 Å². The molecule has 1 aromatic rings. The molecule has 0 heterocycles. The van der Waals surface area contributed by atoms with Crippen LogP contribution in [0.1, 0.15) is 125 Å². The lowest BCUT2D eigenvalue weighted by atomic mass is 10.1.